The topological polar surface area (TPSA) is 64.6 Å². The molecule has 1 N–H and O–H groups in total. The van der Waals surface area contributed by atoms with Crippen LogP contribution in [0.1, 0.15) is 213 Å². The first-order valence-corrected chi connectivity index (χ1v) is 22.4. The summed E-state index contributed by atoms with van der Waals surface area (Å²) in [6.45, 7) is 8.11. The van der Waals surface area contributed by atoms with E-state index in [-0.39, 0.29) is 24.3 Å². The Morgan fingerprint density at radius 1 is 0.519 bits per heavy atom. The number of carbonyl (C=O) groups excluding carboxylic acids is 2. The van der Waals surface area contributed by atoms with Crippen molar-refractivity contribution in [2.75, 3.05) is 53.6 Å². The highest BCUT2D eigenvalue weighted by atomic mass is 35.5. The highest BCUT2D eigenvalue weighted by molar-refractivity contribution is 5.75. The lowest BCUT2D eigenvalue weighted by atomic mass is 10.0. The number of esters is 1. The number of hydrogen-bond acceptors (Lipinski definition) is 4. The van der Waals surface area contributed by atoms with Crippen LogP contribution in [0.4, 0.5) is 0 Å². The Morgan fingerprint density at radius 3 is 1.42 bits per heavy atom. The van der Waals surface area contributed by atoms with E-state index >= 15 is 0 Å². The monoisotopic (exact) mass is 757 g/mol. The minimum absolute atomic E-state index is 0. The third-order valence-corrected chi connectivity index (χ3v) is 10.1. The van der Waals surface area contributed by atoms with Crippen LogP contribution in [0.3, 0.4) is 0 Å². The van der Waals surface area contributed by atoms with E-state index in [0.717, 1.165) is 38.6 Å². The average Bonchev–Trinajstić information content (AvgIpc) is 3.10. The van der Waals surface area contributed by atoms with Gasteiger partial charge in [-0.15, -0.1) is 0 Å². The normalized spacial score (nSPS) is 11.6. The summed E-state index contributed by atoms with van der Waals surface area (Å²) in [6.07, 6.45) is 44.2. The van der Waals surface area contributed by atoms with Crippen LogP contribution in [-0.4, -0.2) is 69.9 Å². The lowest BCUT2D eigenvalue weighted by molar-refractivity contribution is -0.883. The SMILES string of the molecule is CCCCCCCC/C=C\CCCCCCCC(=O)NCCCOCC[N+](C)(C)CC(=O)OCCCCCCCCCCCCCCCCCC.[Cl-]. The largest absolute Gasteiger partial charge is 1.00 e. The summed E-state index contributed by atoms with van der Waals surface area (Å²) in [6, 6.07) is 0. The number of likely N-dealkylation sites (N-methyl/N-ethyl adjacent to an activating group) is 1. The molecule has 0 aromatic carbocycles. The van der Waals surface area contributed by atoms with Crippen molar-refractivity contribution in [3.05, 3.63) is 12.2 Å². The maximum Gasteiger partial charge on any atom is 0.361 e. The summed E-state index contributed by atoms with van der Waals surface area (Å²) in [4.78, 5) is 24.5. The minimum Gasteiger partial charge on any atom is -1.00 e. The molecule has 1 amide bonds. The predicted molar refractivity (Wildman–Crippen MR) is 220 cm³/mol. The van der Waals surface area contributed by atoms with Gasteiger partial charge in [-0.25, -0.2) is 4.79 Å². The first-order valence-electron chi connectivity index (χ1n) is 22.4. The quantitative estimate of drug-likeness (QED) is 0.0292. The Kier molecular flexibility index (Phi) is 43.4. The first-order chi connectivity index (χ1) is 24.9. The molecule has 0 aromatic heterocycles. The number of unbranched alkanes of at least 4 members (excludes halogenated alkanes) is 26. The van der Waals surface area contributed by atoms with Crippen LogP contribution in [0, 0.1) is 0 Å². The van der Waals surface area contributed by atoms with Gasteiger partial charge in [-0.3, -0.25) is 4.79 Å². The van der Waals surface area contributed by atoms with Crippen LogP contribution in [0.5, 0.6) is 0 Å². The zero-order valence-corrected chi connectivity index (χ0v) is 36.0. The maximum atomic E-state index is 12.4. The van der Waals surface area contributed by atoms with Gasteiger partial charge in [0.05, 0.1) is 27.3 Å². The van der Waals surface area contributed by atoms with E-state index in [0.29, 0.717) is 43.8 Å². The summed E-state index contributed by atoms with van der Waals surface area (Å²) in [5, 5.41) is 3.03. The molecule has 0 aliphatic carbocycles. The van der Waals surface area contributed by atoms with Gasteiger partial charge >= 0.3 is 5.97 Å². The molecule has 0 bridgehead atoms. The van der Waals surface area contributed by atoms with Crippen LogP contribution in [0.2, 0.25) is 0 Å². The van der Waals surface area contributed by atoms with Crippen molar-refractivity contribution in [2.24, 2.45) is 0 Å². The fourth-order valence-corrected chi connectivity index (χ4v) is 6.57. The number of halogens is 1. The molecule has 0 radical (unpaired) electrons. The molecule has 7 heteroatoms. The lowest BCUT2D eigenvalue weighted by Gasteiger charge is -2.28. The Morgan fingerprint density at radius 2 is 0.942 bits per heavy atom. The number of nitrogens with zero attached hydrogens (tertiary/aromatic N) is 1. The van der Waals surface area contributed by atoms with Gasteiger partial charge in [0.25, 0.3) is 0 Å². The molecule has 0 spiro atoms. The third-order valence-electron chi connectivity index (χ3n) is 10.1. The highest BCUT2D eigenvalue weighted by Crippen LogP contribution is 2.14. The highest BCUT2D eigenvalue weighted by Gasteiger charge is 2.21. The van der Waals surface area contributed by atoms with E-state index in [1.807, 2.05) is 0 Å². The van der Waals surface area contributed by atoms with Crippen LogP contribution < -0.4 is 17.7 Å². The predicted octanol–water partition coefficient (Wildman–Crippen LogP) is 9.43. The van der Waals surface area contributed by atoms with Crippen molar-refractivity contribution in [3.63, 3.8) is 0 Å². The fraction of sp³-hybridized carbons (Fsp3) is 0.911. The van der Waals surface area contributed by atoms with Gasteiger partial charge in [-0.05, 0) is 44.9 Å². The van der Waals surface area contributed by atoms with Gasteiger partial charge < -0.3 is 31.7 Å². The molecule has 0 fully saturated rings. The van der Waals surface area contributed by atoms with E-state index in [1.165, 1.54) is 161 Å². The van der Waals surface area contributed by atoms with Gasteiger partial charge in [-0.1, -0.05) is 174 Å². The van der Waals surface area contributed by atoms with Crippen LogP contribution in [-0.2, 0) is 19.1 Å². The van der Waals surface area contributed by atoms with Crippen LogP contribution in [0.15, 0.2) is 12.2 Å². The Labute approximate surface area is 330 Å². The maximum absolute atomic E-state index is 12.4. The number of nitrogens with one attached hydrogen (secondary N) is 1. The summed E-state index contributed by atoms with van der Waals surface area (Å²) < 4.78 is 11.9. The van der Waals surface area contributed by atoms with Gasteiger partial charge in [0.2, 0.25) is 5.91 Å². The van der Waals surface area contributed by atoms with Crippen molar-refractivity contribution < 1.29 is 36.0 Å². The molecule has 52 heavy (non-hydrogen) atoms. The Bertz CT molecular complexity index is 776. The van der Waals surface area contributed by atoms with E-state index in [1.54, 1.807) is 0 Å². The number of ether oxygens (including phenoxy) is 2. The van der Waals surface area contributed by atoms with Crippen LogP contribution >= 0.6 is 0 Å². The van der Waals surface area contributed by atoms with E-state index in [9.17, 15) is 9.59 Å². The molecule has 0 aliphatic rings. The number of allylic oxidation sites excluding steroid dienone is 2. The molecular formula is C45H89ClN2O4. The molecule has 0 aliphatic heterocycles. The molecular weight excluding hydrogens is 668 g/mol. The van der Waals surface area contributed by atoms with Gasteiger partial charge in [0.1, 0.15) is 6.54 Å². The molecule has 0 saturated carbocycles. The number of amides is 1. The number of hydrogen-bond donors (Lipinski definition) is 1. The summed E-state index contributed by atoms with van der Waals surface area (Å²) >= 11 is 0. The molecule has 6 nitrogen and oxygen atoms in total. The van der Waals surface area contributed by atoms with Gasteiger partial charge in [0, 0.05) is 19.6 Å². The summed E-state index contributed by atoms with van der Waals surface area (Å²) in [5.74, 6) is 0.0402. The Balaban J connectivity index is 0. The fourth-order valence-electron chi connectivity index (χ4n) is 6.57. The van der Waals surface area contributed by atoms with Crippen molar-refractivity contribution in [2.45, 2.75) is 213 Å². The summed E-state index contributed by atoms with van der Waals surface area (Å²) in [5.41, 5.74) is 0. The molecule has 0 atom stereocenters. The van der Waals surface area contributed by atoms with Crippen LogP contribution in [0.25, 0.3) is 0 Å². The van der Waals surface area contributed by atoms with Crippen molar-refractivity contribution in [3.8, 4) is 0 Å². The van der Waals surface area contributed by atoms with Crippen molar-refractivity contribution in [1.82, 2.24) is 5.32 Å². The first kappa shape index (κ1) is 53.0. The van der Waals surface area contributed by atoms with Crippen molar-refractivity contribution >= 4 is 11.9 Å². The standard InChI is InChI=1S/C45H88N2O4.ClH/c1-5-7-9-11-13-15-17-19-21-23-25-27-29-31-33-35-41-51-45(49)43-47(3,4)39-42-50-40-36-38-46-44(48)37-34-32-30-28-26-24-22-20-18-16-14-12-10-8-6-2;/h20,22H,5-19,21,23-43H2,1-4H3;1H/b22-20-;. The Hall–Kier alpha value is -1.11. The zero-order valence-electron chi connectivity index (χ0n) is 35.3. The molecule has 0 unspecified atom stereocenters. The second kappa shape index (κ2) is 42.6. The molecule has 0 aromatic rings. The molecule has 0 rings (SSSR count). The second-order valence-corrected chi connectivity index (χ2v) is 16.0. The lowest BCUT2D eigenvalue weighted by Crippen LogP contribution is -3.00. The number of quaternary nitrogens is 1. The zero-order chi connectivity index (χ0) is 37.4. The average molecular weight is 758 g/mol. The number of carbonyl (C=O) groups is 2. The van der Waals surface area contributed by atoms with E-state index in [2.05, 4.69) is 45.4 Å². The minimum atomic E-state index is -0.116. The van der Waals surface area contributed by atoms with Gasteiger partial charge in [0.15, 0.2) is 6.54 Å². The molecule has 0 heterocycles. The number of rotatable bonds is 41. The molecule has 0 saturated heterocycles. The smallest absolute Gasteiger partial charge is 0.361 e. The third kappa shape index (κ3) is 43.3. The van der Waals surface area contributed by atoms with Gasteiger partial charge in [-0.2, -0.15) is 0 Å². The van der Waals surface area contributed by atoms with E-state index in [4.69, 9.17) is 9.47 Å². The van der Waals surface area contributed by atoms with Crippen molar-refractivity contribution in [1.29, 1.82) is 0 Å². The molecule has 310 valence electrons. The van der Waals surface area contributed by atoms with E-state index < -0.39 is 0 Å². The second-order valence-electron chi connectivity index (χ2n) is 16.0. The summed E-state index contributed by atoms with van der Waals surface area (Å²) in [7, 11) is 4.10.